The summed E-state index contributed by atoms with van der Waals surface area (Å²) < 4.78 is 38.3. The highest BCUT2D eigenvalue weighted by Gasteiger charge is 2.35. The number of para-hydroxylation sites is 1. The molecule has 2 rings (SSSR count). The molecule has 0 radical (unpaired) electrons. The first-order valence-corrected chi connectivity index (χ1v) is 5.95. The lowest BCUT2D eigenvalue weighted by atomic mass is 9.89. The van der Waals surface area contributed by atoms with Crippen LogP contribution in [0.3, 0.4) is 0 Å². The summed E-state index contributed by atoms with van der Waals surface area (Å²) in [6, 6.07) is 4.43. The summed E-state index contributed by atoms with van der Waals surface area (Å²) in [5, 5.41) is 2.95. The Hall–Kier alpha value is -1.19. The molecule has 0 fully saturated rings. The molecule has 1 unspecified atom stereocenters. The van der Waals surface area contributed by atoms with Crippen molar-refractivity contribution in [3.05, 3.63) is 29.3 Å². The molecule has 1 aromatic carbocycles. The maximum atomic E-state index is 12.8. The predicted molar refractivity (Wildman–Crippen MR) is 62.0 cm³/mol. The van der Waals surface area contributed by atoms with Gasteiger partial charge in [0.2, 0.25) is 0 Å². The molecule has 1 nitrogen and oxygen atoms in total. The van der Waals surface area contributed by atoms with Gasteiger partial charge in [-0.1, -0.05) is 25.5 Å². The van der Waals surface area contributed by atoms with Gasteiger partial charge in [0.05, 0.1) is 5.56 Å². The number of anilines is 1. The second kappa shape index (κ2) is 4.59. The zero-order valence-electron chi connectivity index (χ0n) is 9.77. The van der Waals surface area contributed by atoms with Crippen molar-refractivity contribution in [2.24, 2.45) is 5.92 Å². The fourth-order valence-corrected chi connectivity index (χ4v) is 2.46. The van der Waals surface area contributed by atoms with Crippen molar-refractivity contribution in [2.75, 3.05) is 11.9 Å². The summed E-state index contributed by atoms with van der Waals surface area (Å²) in [5.41, 5.74) is 0.543. The Morgan fingerprint density at radius 3 is 2.76 bits per heavy atom. The van der Waals surface area contributed by atoms with Crippen LogP contribution in [0.2, 0.25) is 0 Å². The molecule has 1 heterocycles. The average molecular weight is 243 g/mol. The van der Waals surface area contributed by atoms with E-state index in [1.165, 1.54) is 6.07 Å². The van der Waals surface area contributed by atoms with Crippen molar-refractivity contribution < 1.29 is 13.2 Å². The lowest BCUT2D eigenvalue weighted by Gasteiger charge is -2.28. The Morgan fingerprint density at radius 2 is 2.12 bits per heavy atom. The van der Waals surface area contributed by atoms with Gasteiger partial charge >= 0.3 is 6.18 Å². The lowest BCUT2D eigenvalue weighted by Crippen LogP contribution is -2.25. The molecule has 1 aliphatic rings. The number of hydrogen-bond acceptors (Lipinski definition) is 1. The highest BCUT2D eigenvalue weighted by Crippen LogP contribution is 2.39. The van der Waals surface area contributed by atoms with Crippen molar-refractivity contribution in [3.8, 4) is 0 Å². The Balaban J connectivity index is 2.29. The van der Waals surface area contributed by atoms with Crippen molar-refractivity contribution in [1.82, 2.24) is 0 Å². The second-order valence-corrected chi connectivity index (χ2v) is 4.58. The molecule has 0 saturated carbocycles. The maximum Gasteiger partial charge on any atom is 0.418 e. The van der Waals surface area contributed by atoms with Crippen LogP contribution in [0.15, 0.2) is 18.2 Å². The van der Waals surface area contributed by atoms with E-state index < -0.39 is 11.7 Å². The molecule has 94 valence electrons. The van der Waals surface area contributed by atoms with Crippen LogP contribution < -0.4 is 5.32 Å². The van der Waals surface area contributed by atoms with Crippen molar-refractivity contribution in [2.45, 2.75) is 32.4 Å². The number of benzene rings is 1. The van der Waals surface area contributed by atoms with E-state index in [-0.39, 0.29) is 5.69 Å². The summed E-state index contributed by atoms with van der Waals surface area (Å²) >= 11 is 0. The fourth-order valence-electron chi connectivity index (χ4n) is 2.46. The predicted octanol–water partition coefficient (Wildman–Crippen LogP) is 4.09. The molecule has 0 amide bonds. The maximum absolute atomic E-state index is 12.8. The molecule has 4 heteroatoms. The van der Waals surface area contributed by atoms with Crippen molar-refractivity contribution in [1.29, 1.82) is 0 Å². The van der Waals surface area contributed by atoms with E-state index in [1.54, 1.807) is 6.07 Å². The van der Waals surface area contributed by atoms with Crippen LogP contribution in [0.4, 0.5) is 18.9 Å². The van der Waals surface area contributed by atoms with Crippen molar-refractivity contribution >= 4 is 5.69 Å². The van der Waals surface area contributed by atoms with E-state index in [1.807, 2.05) is 0 Å². The summed E-state index contributed by atoms with van der Waals surface area (Å²) in [4.78, 5) is 0. The fraction of sp³-hybridized carbons (Fsp3) is 0.538. The Labute approximate surface area is 99.0 Å². The third kappa shape index (κ3) is 2.56. The standard InChI is InChI=1S/C13H16F3N/c1-2-4-9-7-10-5-3-6-11(13(14,15)16)12(10)17-8-9/h3,5-6,9,17H,2,4,7-8H2,1H3. The van der Waals surface area contributed by atoms with Crippen LogP contribution in [-0.2, 0) is 12.6 Å². The zero-order valence-corrected chi connectivity index (χ0v) is 9.77. The molecule has 0 aliphatic carbocycles. The Kier molecular flexibility index (Phi) is 3.31. The van der Waals surface area contributed by atoms with E-state index in [4.69, 9.17) is 0 Å². The van der Waals surface area contributed by atoms with Gasteiger partial charge in [-0.25, -0.2) is 0 Å². The van der Waals surface area contributed by atoms with E-state index in [0.29, 0.717) is 12.5 Å². The minimum Gasteiger partial charge on any atom is -0.384 e. The summed E-state index contributed by atoms with van der Waals surface area (Å²) in [7, 11) is 0. The molecule has 1 N–H and O–H groups in total. The number of halogens is 3. The largest absolute Gasteiger partial charge is 0.418 e. The highest BCUT2D eigenvalue weighted by molar-refractivity contribution is 5.60. The second-order valence-electron chi connectivity index (χ2n) is 4.58. The topological polar surface area (TPSA) is 12.0 Å². The van der Waals surface area contributed by atoms with Crippen LogP contribution >= 0.6 is 0 Å². The van der Waals surface area contributed by atoms with E-state index in [2.05, 4.69) is 12.2 Å². The SMILES string of the molecule is CCCC1CNc2c(cccc2C(F)(F)F)C1. The van der Waals surface area contributed by atoms with Gasteiger partial charge in [0.25, 0.3) is 0 Å². The van der Waals surface area contributed by atoms with Gasteiger partial charge in [0, 0.05) is 12.2 Å². The minimum atomic E-state index is -4.27. The molecular formula is C13H16F3N. The first-order chi connectivity index (χ1) is 8.02. The molecule has 0 bridgehead atoms. The van der Waals surface area contributed by atoms with Crippen LogP contribution in [0.5, 0.6) is 0 Å². The normalized spacial score (nSPS) is 19.6. The third-order valence-corrected chi connectivity index (χ3v) is 3.23. The lowest BCUT2D eigenvalue weighted by molar-refractivity contribution is -0.137. The van der Waals surface area contributed by atoms with Gasteiger partial charge in [-0.05, 0) is 30.4 Å². The van der Waals surface area contributed by atoms with E-state index >= 15 is 0 Å². The molecule has 0 spiro atoms. The van der Waals surface area contributed by atoms with Gasteiger partial charge in [0.1, 0.15) is 0 Å². The smallest absolute Gasteiger partial charge is 0.384 e. The van der Waals surface area contributed by atoms with Crippen LogP contribution in [0, 0.1) is 5.92 Å². The summed E-state index contributed by atoms with van der Waals surface area (Å²) in [6.07, 6.45) is -1.39. The van der Waals surface area contributed by atoms with Crippen LogP contribution in [0.1, 0.15) is 30.9 Å². The van der Waals surface area contributed by atoms with Crippen molar-refractivity contribution in [3.63, 3.8) is 0 Å². The molecule has 0 saturated heterocycles. The number of fused-ring (bicyclic) bond motifs is 1. The summed E-state index contributed by atoms with van der Waals surface area (Å²) in [5.74, 6) is 0.455. The van der Waals surface area contributed by atoms with Gasteiger partial charge in [0.15, 0.2) is 0 Å². The zero-order chi connectivity index (χ0) is 12.5. The molecule has 1 aliphatic heterocycles. The molecule has 0 aromatic heterocycles. The number of hydrogen-bond donors (Lipinski definition) is 1. The quantitative estimate of drug-likeness (QED) is 0.825. The number of nitrogens with one attached hydrogen (secondary N) is 1. The first-order valence-electron chi connectivity index (χ1n) is 5.95. The molecule has 1 aromatic rings. The van der Waals surface area contributed by atoms with E-state index in [9.17, 15) is 13.2 Å². The molecule has 17 heavy (non-hydrogen) atoms. The molecular weight excluding hydrogens is 227 g/mol. The Morgan fingerprint density at radius 1 is 1.35 bits per heavy atom. The van der Waals surface area contributed by atoms with E-state index in [0.717, 1.165) is 30.9 Å². The monoisotopic (exact) mass is 243 g/mol. The Bertz CT molecular complexity index is 398. The average Bonchev–Trinajstić information content (AvgIpc) is 2.27. The number of rotatable bonds is 2. The number of alkyl halides is 3. The minimum absolute atomic E-state index is 0.285. The first kappa shape index (κ1) is 12.3. The summed E-state index contributed by atoms with van der Waals surface area (Å²) in [6.45, 7) is 2.75. The van der Waals surface area contributed by atoms with Gasteiger partial charge in [-0.15, -0.1) is 0 Å². The molecule has 1 atom stereocenters. The van der Waals surface area contributed by atoms with Gasteiger partial charge < -0.3 is 5.32 Å². The van der Waals surface area contributed by atoms with Gasteiger partial charge in [-0.3, -0.25) is 0 Å². The van der Waals surface area contributed by atoms with Crippen LogP contribution in [0.25, 0.3) is 0 Å². The third-order valence-electron chi connectivity index (χ3n) is 3.23. The van der Waals surface area contributed by atoms with Crippen LogP contribution in [-0.4, -0.2) is 6.54 Å². The van der Waals surface area contributed by atoms with Gasteiger partial charge in [-0.2, -0.15) is 13.2 Å². The highest BCUT2D eigenvalue weighted by atomic mass is 19.4.